The number of carbonyl (C=O) groups excluding carboxylic acids is 2. The van der Waals surface area contributed by atoms with Gasteiger partial charge in [0.05, 0.1) is 6.61 Å². The number of amides is 2. The SMILES string of the molecule is CCCOc1ccc(CN(C(=O)CC)[C@H]2CCCCNC2=O)cc1C. The highest BCUT2D eigenvalue weighted by Crippen LogP contribution is 2.22. The van der Waals surface area contributed by atoms with E-state index in [0.717, 1.165) is 42.6 Å². The van der Waals surface area contributed by atoms with Gasteiger partial charge in [-0.2, -0.15) is 0 Å². The van der Waals surface area contributed by atoms with Crippen molar-refractivity contribution in [3.8, 4) is 5.75 Å². The molecule has 5 nitrogen and oxygen atoms in total. The first-order valence-corrected chi connectivity index (χ1v) is 9.36. The van der Waals surface area contributed by atoms with E-state index in [1.165, 1.54) is 0 Å². The van der Waals surface area contributed by atoms with Gasteiger partial charge in [-0.05, 0) is 49.8 Å². The van der Waals surface area contributed by atoms with Crippen LogP contribution < -0.4 is 10.1 Å². The second-order valence-corrected chi connectivity index (χ2v) is 6.63. The molecule has 1 N–H and O–H groups in total. The molecule has 0 radical (unpaired) electrons. The van der Waals surface area contributed by atoms with E-state index in [4.69, 9.17) is 4.74 Å². The van der Waals surface area contributed by atoms with Crippen LogP contribution in [0.15, 0.2) is 18.2 Å². The molecule has 1 aromatic carbocycles. The maximum atomic E-state index is 12.5. The summed E-state index contributed by atoms with van der Waals surface area (Å²) in [5.74, 6) is 0.871. The van der Waals surface area contributed by atoms with Crippen molar-refractivity contribution in [1.29, 1.82) is 0 Å². The lowest BCUT2D eigenvalue weighted by Gasteiger charge is -2.30. The lowest BCUT2D eigenvalue weighted by atomic mass is 10.1. The Kier molecular flexibility index (Phi) is 7.29. The predicted molar refractivity (Wildman–Crippen MR) is 98.5 cm³/mol. The van der Waals surface area contributed by atoms with E-state index in [9.17, 15) is 9.59 Å². The van der Waals surface area contributed by atoms with E-state index in [-0.39, 0.29) is 17.9 Å². The van der Waals surface area contributed by atoms with Gasteiger partial charge in [0.1, 0.15) is 11.8 Å². The van der Waals surface area contributed by atoms with Crippen molar-refractivity contribution in [3.05, 3.63) is 29.3 Å². The Balaban J connectivity index is 2.17. The van der Waals surface area contributed by atoms with Gasteiger partial charge in [-0.1, -0.05) is 26.0 Å². The van der Waals surface area contributed by atoms with Crippen LogP contribution in [0.2, 0.25) is 0 Å². The summed E-state index contributed by atoms with van der Waals surface area (Å²) < 4.78 is 5.72. The van der Waals surface area contributed by atoms with E-state index in [2.05, 4.69) is 18.3 Å². The second-order valence-electron chi connectivity index (χ2n) is 6.63. The highest BCUT2D eigenvalue weighted by atomic mass is 16.5. The van der Waals surface area contributed by atoms with Crippen molar-refractivity contribution in [3.63, 3.8) is 0 Å². The van der Waals surface area contributed by atoms with E-state index in [1.807, 2.05) is 26.0 Å². The first-order chi connectivity index (χ1) is 12.1. The minimum atomic E-state index is -0.369. The Bertz CT molecular complexity index is 601. The molecule has 0 aliphatic carbocycles. The molecule has 0 bridgehead atoms. The molecular weight excluding hydrogens is 316 g/mol. The van der Waals surface area contributed by atoms with Gasteiger partial charge in [0.25, 0.3) is 0 Å². The predicted octanol–water partition coefficient (Wildman–Crippen LogP) is 3.19. The zero-order valence-corrected chi connectivity index (χ0v) is 15.6. The van der Waals surface area contributed by atoms with Crippen LogP contribution in [-0.4, -0.2) is 35.9 Å². The van der Waals surface area contributed by atoms with Crippen LogP contribution in [0.5, 0.6) is 5.75 Å². The molecule has 1 aliphatic rings. The summed E-state index contributed by atoms with van der Waals surface area (Å²) in [4.78, 5) is 26.6. The normalized spacial score (nSPS) is 17.6. The minimum Gasteiger partial charge on any atom is -0.493 e. The molecule has 1 saturated heterocycles. The van der Waals surface area contributed by atoms with E-state index in [1.54, 1.807) is 4.90 Å². The fourth-order valence-electron chi connectivity index (χ4n) is 3.18. The summed E-state index contributed by atoms with van der Waals surface area (Å²) in [5, 5.41) is 2.93. The van der Waals surface area contributed by atoms with Crippen molar-refractivity contribution in [2.75, 3.05) is 13.2 Å². The molecule has 1 aliphatic heterocycles. The molecule has 1 fully saturated rings. The number of rotatable bonds is 7. The van der Waals surface area contributed by atoms with E-state index in [0.29, 0.717) is 26.1 Å². The molecule has 1 aromatic rings. The summed E-state index contributed by atoms with van der Waals surface area (Å²) in [7, 11) is 0. The average Bonchev–Trinajstić information content (AvgIpc) is 2.82. The van der Waals surface area contributed by atoms with Crippen LogP contribution in [0.4, 0.5) is 0 Å². The average molecular weight is 346 g/mol. The van der Waals surface area contributed by atoms with Crippen LogP contribution in [-0.2, 0) is 16.1 Å². The number of nitrogens with zero attached hydrogens (tertiary/aromatic N) is 1. The van der Waals surface area contributed by atoms with E-state index >= 15 is 0 Å². The highest BCUT2D eigenvalue weighted by Gasteiger charge is 2.30. The molecule has 25 heavy (non-hydrogen) atoms. The summed E-state index contributed by atoms with van der Waals surface area (Å²) in [5.41, 5.74) is 2.08. The first kappa shape index (κ1) is 19.3. The summed E-state index contributed by atoms with van der Waals surface area (Å²) in [6.07, 6.45) is 4.03. The number of hydrogen-bond acceptors (Lipinski definition) is 3. The summed E-state index contributed by atoms with van der Waals surface area (Å²) >= 11 is 0. The van der Waals surface area contributed by atoms with Gasteiger partial charge in [0.2, 0.25) is 11.8 Å². The molecule has 0 spiro atoms. The molecule has 5 heteroatoms. The van der Waals surface area contributed by atoms with Crippen LogP contribution in [0.1, 0.15) is 57.1 Å². The van der Waals surface area contributed by atoms with Gasteiger partial charge in [0, 0.05) is 19.5 Å². The number of ether oxygens (including phenoxy) is 1. The monoisotopic (exact) mass is 346 g/mol. The Morgan fingerprint density at radius 2 is 2.12 bits per heavy atom. The topological polar surface area (TPSA) is 58.6 Å². The third-order valence-electron chi connectivity index (χ3n) is 4.56. The summed E-state index contributed by atoms with van der Waals surface area (Å²) in [6.45, 7) is 7.79. The van der Waals surface area contributed by atoms with Gasteiger partial charge >= 0.3 is 0 Å². The van der Waals surface area contributed by atoms with Gasteiger partial charge in [-0.3, -0.25) is 9.59 Å². The quantitative estimate of drug-likeness (QED) is 0.825. The molecule has 0 aromatic heterocycles. The van der Waals surface area contributed by atoms with Gasteiger partial charge < -0.3 is 15.0 Å². The number of benzene rings is 1. The van der Waals surface area contributed by atoms with Crippen molar-refractivity contribution >= 4 is 11.8 Å². The Hall–Kier alpha value is -2.04. The van der Waals surface area contributed by atoms with Crippen LogP contribution in [0.3, 0.4) is 0 Å². The molecule has 138 valence electrons. The summed E-state index contributed by atoms with van der Waals surface area (Å²) in [6, 6.07) is 5.63. The maximum Gasteiger partial charge on any atom is 0.242 e. The van der Waals surface area contributed by atoms with Gasteiger partial charge in [-0.25, -0.2) is 0 Å². The standard InChI is InChI=1S/C20H30N2O3/c1-4-12-25-18-10-9-16(13-15(18)3)14-22(19(23)5-2)17-8-6-7-11-21-20(17)24/h9-10,13,17H,4-8,11-12,14H2,1-3H3,(H,21,24)/t17-/m0/s1. The highest BCUT2D eigenvalue weighted by molar-refractivity contribution is 5.87. The van der Waals surface area contributed by atoms with Gasteiger partial charge in [-0.15, -0.1) is 0 Å². The zero-order chi connectivity index (χ0) is 18.2. The Labute approximate surface area is 150 Å². The van der Waals surface area contributed by atoms with Crippen molar-refractivity contribution in [2.45, 2.75) is 65.5 Å². The largest absolute Gasteiger partial charge is 0.493 e. The van der Waals surface area contributed by atoms with Crippen LogP contribution >= 0.6 is 0 Å². The maximum absolute atomic E-state index is 12.5. The second kappa shape index (κ2) is 9.44. The number of hydrogen-bond donors (Lipinski definition) is 1. The van der Waals surface area contributed by atoms with Crippen LogP contribution in [0.25, 0.3) is 0 Å². The number of nitrogens with one attached hydrogen (secondary N) is 1. The third kappa shape index (κ3) is 5.21. The van der Waals surface area contributed by atoms with Crippen molar-refractivity contribution in [2.24, 2.45) is 0 Å². The smallest absolute Gasteiger partial charge is 0.242 e. The lowest BCUT2D eigenvalue weighted by Crippen LogP contribution is -2.48. The minimum absolute atomic E-state index is 0.0195. The molecular formula is C20H30N2O3. The zero-order valence-electron chi connectivity index (χ0n) is 15.6. The Morgan fingerprint density at radius 3 is 2.80 bits per heavy atom. The third-order valence-corrected chi connectivity index (χ3v) is 4.56. The van der Waals surface area contributed by atoms with Crippen molar-refractivity contribution < 1.29 is 14.3 Å². The Morgan fingerprint density at radius 1 is 1.32 bits per heavy atom. The molecule has 1 atom stereocenters. The lowest BCUT2D eigenvalue weighted by molar-refractivity contribution is -0.141. The number of aryl methyl sites for hydroxylation is 1. The molecule has 2 rings (SSSR count). The molecule has 2 amide bonds. The van der Waals surface area contributed by atoms with Gasteiger partial charge in [0.15, 0.2) is 0 Å². The molecule has 0 saturated carbocycles. The fourth-order valence-corrected chi connectivity index (χ4v) is 3.18. The number of carbonyl (C=O) groups is 2. The molecule has 0 unspecified atom stereocenters. The first-order valence-electron chi connectivity index (χ1n) is 9.36. The fraction of sp³-hybridized carbons (Fsp3) is 0.600. The van der Waals surface area contributed by atoms with E-state index < -0.39 is 0 Å². The van der Waals surface area contributed by atoms with Crippen molar-refractivity contribution in [1.82, 2.24) is 10.2 Å². The van der Waals surface area contributed by atoms with Crippen LogP contribution in [0, 0.1) is 6.92 Å². The molecule has 1 heterocycles.